The van der Waals surface area contributed by atoms with Crippen molar-refractivity contribution in [2.24, 2.45) is 0 Å². The fourth-order valence-corrected chi connectivity index (χ4v) is 2.36. The highest BCUT2D eigenvalue weighted by Crippen LogP contribution is 2.22. The second-order valence-electron chi connectivity index (χ2n) is 4.12. The fraction of sp³-hybridized carbons (Fsp3) is 0.0667. The van der Waals surface area contributed by atoms with Gasteiger partial charge in [-0.25, -0.2) is 0 Å². The molecule has 1 aromatic heterocycles. The van der Waals surface area contributed by atoms with Crippen molar-refractivity contribution in [3.63, 3.8) is 0 Å². The molecule has 3 rings (SSSR count). The molecule has 18 heavy (non-hydrogen) atoms. The predicted octanol–water partition coefficient (Wildman–Crippen LogP) is 4.81. The molecule has 0 aliphatic carbocycles. The van der Waals surface area contributed by atoms with Crippen LogP contribution in [0.4, 0.5) is 5.69 Å². The molecular formula is C15H12BrNO. The van der Waals surface area contributed by atoms with E-state index in [2.05, 4.69) is 33.4 Å². The molecule has 1 N–H and O–H groups in total. The van der Waals surface area contributed by atoms with E-state index in [1.165, 1.54) is 10.9 Å². The van der Waals surface area contributed by atoms with E-state index >= 15 is 0 Å². The second kappa shape index (κ2) is 4.86. The van der Waals surface area contributed by atoms with Crippen LogP contribution in [0.15, 0.2) is 63.7 Å². The minimum atomic E-state index is 0.757. The lowest BCUT2D eigenvalue weighted by Gasteiger charge is -2.05. The van der Waals surface area contributed by atoms with Crippen molar-refractivity contribution in [3.05, 3.63) is 64.8 Å². The molecule has 1 heterocycles. The summed E-state index contributed by atoms with van der Waals surface area (Å²) >= 11 is 3.46. The van der Waals surface area contributed by atoms with E-state index in [-0.39, 0.29) is 0 Å². The molecule has 0 saturated carbocycles. The molecule has 3 aromatic rings. The summed E-state index contributed by atoms with van der Waals surface area (Å²) in [6.45, 7) is 0.757. The summed E-state index contributed by atoms with van der Waals surface area (Å²) in [5.74, 6) is 0. The zero-order chi connectivity index (χ0) is 12.4. The first-order valence-corrected chi connectivity index (χ1v) is 6.57. The average Bonchev–Trinajstić information content (AvgIpc) is 2.80. The summed E-state index contributed by atoms with van der Waals surface area (Å²) in [6.07, 6.45) is 1.82. The van der Waals surface area contributed by atoms with Crippen molar-refractivity contribution in [1.29, 1.82) is 0 Å². The van der Waals surface area contributed by atoms with Crippen LogP contribution in [-0.2, 0) is 6.54 Å². The van der Waals surface area contributed by atoms with Crippen LogP contribution in [0.5, 0.6) is 0 Å². The van der Waals surface area contributed by atoms with Gasteiger partial charge >= 0.3 is 0 Å². The van der Waals surface area contributed by atoms with Gasteiger partial charge in [-0.15, -0.1) is 0 Å². The molecule has 0 unspecified atom stereocenters. The highest BCUT2D eigenvalue weighted by Gasteiger charge is 2.04. The van der Waals surface area contributed by atoms with Crippen molar-refractivity contribution >= 4 is 32.6 Å². The maximum absolute atomic E-state index is 5.51. The van der Waals surface area contributed by atoms with Crippen LogP contribution in [0.3, 0.4) is 0 Å². The van der Waals surface area contributed by atoms with E-state index in [4.69, 9.17) is 4.42 Å². The summed E-state index contributed by atoms with van der Waals surface area (Å²) in [7, 11) is 0. The molecule has 0 bridgehead atoms. The number of fused-ring (bicyclic) bond motifs is 1. The van der Waals surface area contributed by atoms with Crippen molar-refractivity contribution < 1.29 is 4.42 Å². The molecule has 0 aliphatic heterocycles. The van der Waals surface area contributed by atoms with Crippen molar-refractivity contribution in [3.8, 4) is 0 Å². The number of hydrogen-bond acceptors (Lipinski definition) is 2. The van der Waals surface area contributed by atoms with Crippen LogP contribution in [-0.4, -0.2) is 0 Å². The van der Waals surface area contributed by atoms with Crippen molar-refractivity contribution in [2.75, 3.05) is 5.32 Å². The molecular weight excluding hydrogens is 290 g/mol. The van der Waals surface area contributed by atoms with E-state index in [1.54, 1.807) is 0 Å². The van der Waals surface area contributed by atoms with E-state index in [9.17, 15) is 0 Å². The second-order valence-corrected chi connectivity index (χ2v) is 5.04. The zero-order valence-electron chi connectivity index (χ0n) is 9.69. The zero-order valence-corrected chi connectivity index (χ0v) is 11.3. The van der Waals surface area contributed by atoms with Gasteiger partial charge in [-0.2, -0.15) is 0 Å². The molecule has 0 fully saturated rings. The van der Waals surface area contributed by atoms with Gasteiger partial charge in [0.15, 0.2) is 0 Å². The van der Waals surface area contributed by atoms with Gasteiger partial charge in [0.2, 0.25) is 0 Å². The van der Waals surface area contributed by atoms with Gasteiger partial charge in [0.05, 0.1) is 6.26 Å². The Morgan fingerprint density at radius 2 is 1.94 bits per heavy atom. The normalized spacial score (nSPS) is 10.7. The van der Waals surface area contributed by atoms with E-state index < -0.39 is 0 Å². The number of furan rings is 1. The Morgan fingerprint density at radius 1 is 1.06 bits per heavy atom. The van der Waals surface area contributed by atoms with Gasteiger partial charge in [0.1, 0.15) is 5.58 Å². The first-order valence-electron chi connectivity index (χ1n) is 5.77. The van der Waals surface area contributed by atoms with Gasteiger partial charge < -0.3 is 9.73 Å². The summed E-state index contributed by atoms with van der Waals surface area (Å²) in [5.41, 5.74) is 3.20. The van der Waals surface area contributed by atoms with Crippen LogP contribution in [0.25, 0.3) is 11.0 Å². The monoisotopic (exact) mass is 301 g/mol. The highest BCUT2D eigenvalue weighted by molar-refractivity contribution is 9.10. The molecule has 90 valence electrons. The Kier molecular flexibility index (Phi) is 3.07. The first kappa shape index (κ1) is 11.4. The number of para-hydroxylation sites is 1. The predicted molar refractivity (Wildman–Crippen MR) is 77.7 cm³/mol. The summed E-state index contributed by atoms with van der Waals surface area (Å²) < 4.78 is 6.59. The summed E-state index contributed by atoms with van der Waals surface area (Å²) in [5, 5.41) is 4.56. The Hall–Kier alpha value is -1.74. The summed E-state index contributed by atoms with van der Waals surface area (Å²) in [4.78, 5) is 0. The van der Waals surface area contributed by atoms with Crippen LogP contribution < -0.4 is 5.32 Å². The number of anilines is 1. The third-order valence-corrected chi connectivity index (χ3v) is 3.36. The maximum atomic E-state index is 5.51. The number of benzene rings is 2. The van der Waals surface area contributed by atoms with Crippen LogP contribution in [0.1, 0.15) is 5.56 Å². The molecule has 0 amide bonds. The third-order valence-electron chi connectivity index (χ3n) is 2.87. The minimum absolute atomic E-state index is 0.757. The Morgan fingerprint density at radius 3 is 2.83 bits per heavy atom. The topological polar surface area (TPSA) is 25.2 Å². The lowest BCUT2D eigenvalue weighted by molar-refractivity contribution is 0.611. The smallest absolute Gasteiger partial charge is 0.134 e. The number of hydrogen-bond donors (Lipinski definition) is 1. The van der Waals surface area contributed by atoms with Gasteiger partial charge in [-0.1, -0.05) is 40.2 Å². The number of halogens is 1. The molecule has 3 heteroatoms. The molecule has 2 aromatic carbocycles. The van der Waals surface area contributed by atoms with E-state index in [1.807, 2.05) is 42.7 Å². The quantitative estimate of drug-likeness (QED) is 0.751. The van der Waals surface area contributed by atoms with Gasteiger partial charge in [-0.3, -0.25) is 0 Å². The molecule has 0 saturated heterocycles. The van der Waals surface area contributed by atoms with Gasteiger partial charge in [-0.05, 0) is 24.3 Å². The molecule has 0 atom stereocenters. The van der Waals surface area contributed by atoms with Crippen molar-refractivity contribution in [1.82, 2.24) is 0 Å². The molecule has 2 nitrogen and oxygen atoms in total. The molecule has 0 aliphatic rings. The minimum Gasteiger partial charge on any atom is -0.464 e. The number of rotatable bonds is 3. The maximum Gasteiger partial charge on any atom is 0.134 e. The van der Waals surface area contributed by atoms with E-state index in [0.29, 0.717) is 0 Å². The van der Waals surface area contributed by atoms with E-state index in [0.717, 1.165) is 22.3 Å². The molecule has 0 spiro atoms. The number of nitrogens with one attached hydrogen (secondary N) is 1. The first-order chi connectivity index (χ1) is 8.83. The average molecular weight is 302 g/mol. The summed E-state index contributed by atoms with van der Waals surface area (Å²) in [6, 6.07) is 16.2. The van der Waals surface area contributed by atoms with Crippen LogP contribution in [0.2, 0.25) is 0 Å². The highest BCUT2D eigenvalue weighted by atomic mass is 79.9. The van der Waals surface area contributed by atoms with Gasteiger partial charge in [0, 0.05) is 27.7 Å². The van der Waals surface area contributed by atoms with Crippen LogP contribution in [0, 0.1) is 0 Å². The Labute approximate surface area is 114 Å². The lowest BCUT2D eigenvalue weighted by Crippen LogP contribution is -1.98. The van der Waals surface area contributed by atoms with Gasteiger partial charge in [0.25, 0.3) is 0 Å². The SMILES string of the molecule is Brc1cccc(NCc2coc3ccccc23)c1. The lowest BCUT2D eigenvalue weighted by atomic mass is 10.2. The largest absolute Gasteiger partial charge is 0.464 e. The van der Waals surface area contributed by atoms with Crippen molar-refractivity contribution in [2.45, 2.75) is 6.54 Å². The van der Waals surface area contributed by atoms with Crippen LogP contribution >= 0.6 is 15.9 Å². The fourth-order valence-electron chi connectivity index (χ4n) is 1.97. The molecule has 0 radical (unpaired) electrons. The third kappa shape index (κ3) is 2.27. The standard InChI is InChI=1S/C15H12BrNO/c16-12-4-3-5-13(8-12)17-9-11-10-18-15-7-2-1-6-14(11)15/h1-8,10,17H,9H2. The Balaban J connectivity index is 1.81. The Bertz CT molecular complexity index is 675.